The molecule has 5 nitrogen and oxygen atoms in total. The fourth-order valence-corrected chi connectivity index (χ4v) is 2.66. The maximum atomic E-state index is 13.2. The van der Waals surface area contributed by atoms with Crippen LogP contribution in [0.1, 0.15) is 17.0 Å². The van der Waals surface area contributed by atoms with E-state index < -0.39 is 11.8 Å². The Kier molecular flexibility index (Phi) is 4.79. The van der Waals surface area contributed by atoms with Crippen molar-refractivity contribution in [1.82, 2.24) is 15.1 Å². The Morgan fingerprint density at radius 2 is 1.88 bits per heavy atom. The van der Waals surface area contributed by atoms with Gasteiger partial charge in [-0.15, -0.1) is 0 Å². The molecule has 0 saturated carbocycles. The van der Waals surface area contributed by atoms with Crippen LogP contribution in [0.3, 0.4) is 0 Å². The number of aromatic nitrogens is 2. The van der Waals surface area contributed by atoms with Gasteiger partial charge in [0, 0.05) is 23.5 Å². The summed E-state index contributed by atoms with van der Waals surface area (Å²) in [5.74, 6) is -0.395. The molecule has 128 valence electrons. The first-order valence-corrected chi connectivity index (χ1v) is 7.95. The molecule has 2 N–H and O–H groups in total. The fraction of sp³-hybridized carbons (Fsp3) is 0.158. The summed E-state index contributed by atoms with van der Waals surface area (Å²) in [6.45, 7) is 4.22. The van der Waals surface area contributed by atoms with Crippen molar-refractivity contribution in [1.29, 1.82) is 0 Å². The molecule has 0 spiro atoms. The highest BCUT2D eigenvalue weighted by molar-refractivity contribution is 5.89. The zero-order chi connectivity index (χ0) is 17.8. The van der Waals surface area contributed by atoms with Gasteiger partial charge in [0.1, 0.15) is 5.82 Å². The average Bonchev–Trinajstić information content (AvgIpc) is 2.88. The number of urea groups is 1. The first kappa shape index (κ1) is 16.7. The van der Waals surface area contributed by atoms with Gasteiger partial charge in [-0.05, 0) is 44.2 Å². The second kappa shape index (κ2) is 7.17. The van der Waals surface area contributed by atoms with E-state index in [-0.39, 0.29) is 0 Å². The molecular weight excluding hydrogens is 319 g/mol. The number of amides is 2. The van der Waals surface area contributed by atoms with E-state index in [9.17, 15) is 9.18 Å². The third kappa shape index (κ3) is 3.85. The summed E-state index contributed by atoms with van der Waals surface area (Å²) in [7, 11) is 0. The van der Waals surface area contributed by atoms with E-state index in [1.165, 1.54) is 12.1 Å². The maximum Gasteiger partial charge on any atom is 0.319 e. The molecule has 0 aliphatic rings. The Hall–Kier alpha value is -3.15. The van der Waals surface area contributed by atoms with Crippen LogP contribution in [0.2, 0.25) is 0 Å². The summed E-state index contributed by atoms with van der Waals surface area (Å²) in [6, 6.07) is 15.2. The third-order valence-corrected chi connectivity index (χ3v) is 3.95. The summed E-state index contributed by atoms with van der Waals surface area (Å²) in [6.07, 6.45) is 0. The van der Waals surface area contributed by atoms with Gasteiger partial charge in [-0.2, -0.15) is 5.10 Å². The van der Waals surface area contributed by atoms with E-state index in [2.05, 4.69) is 15.7 Å². The van der Waals surface area contributed by atoms with Crippen molar-refractivity contribution in [2.45, 2.75) is 20.4 Å². The van der Waals surface area contributed by atoms with E-state index in [4.69, 9.17) is 0 Å². The normalized spacial score (nSPS) is 10.5. The van der Waals surface area contributed by atoms with Crippen LogP contribution in [0.25, 0.3) is 5.69 Å². The molecule has 0 atom stereocenters. The van der Waals surface area contributed by atoms with Crippen molar-refractivity contribution in [3.8, 4) is 5.69 Å². The highest BCUT2D eigenvalue weighted by Crippen LogP contribution is 2.17. The van der Waals surface area contributed by atoms with E-state index in [1.54, 1.807) is 12.1 Å². The zero-order valence-corrected chi connectivity index (χ0v) is 14.1. The number of benzene rings is 2. The van der Waals surface area contributed by atoms with Crippen molar-refractivity contribution in [2.75, 3.05) is 5.32 Å². The number of halogens is 1. The lowest BCUT2D eigenvalue weighted by Gasteiger charge is -2.09. The molecule has 1 aromatic heterocycles. The number of carbonyl (C=O) groups excluding carboxylic acids is 1. The number of aryl methyl sites for hydroxylation is 1. The molecule has 0 fully saturated rings. The van der Waals surface area contributed by atoms with Crippen molar-refractivity contribution < 1.29 is 9.18 Å². The highest BCUT2D eigenvalue weighted by Gasteiger charge is 2.13. The van der Waals surface area contributed by atoms with E-state index >= 15 is 0 Å². The van der Waals surface area contributed by atoms with Gasteiger partial charge in [-0.25, -0.2) is 13.9 Å². The number of rotatable bonds is 4. The Bertz CT molecular complexity index is 890. The smallest absolute Gasteiger partial charge is 0.319 e. The number of para-hydroxylation sites is 1. The molecule has 0 saturated heterocycles. The Balaban J connectivity index is 1.69. The monoisotopic (exact) mass is 338 g/mol. The van der Waals surface area contributed by atoms with Gasteiger partial charge >= 0.3 is 6.03 Å². The molecule has 2 aromatic carbocycles. The Morgan fingerprint density at radius 1 is 1.12 bits per heavy atom. The largest absolute Gasteiger partial charge is 0.334 e. The first-order chi connectivity index (χ1) is 12.0. The fourth-order valence-electron chi connectivity index (χ4n) is 2.66. The molecule has 25 heavy (non-hydrogen) atoms. The van der Waals surface area contributed by atoms with Gasteiger partial charge < -0.3 is 10.6 Å². The summed E-state index contributed by atoms with van der Waals surface area (Å²) >= 11 is 0. The second-order valence-electron chi connectivity index (χ2n) is 5.71. The van der Waals surface area contributed by atoms with E-state index in [0.717, 1.165) is 22.6 Å². The number of hydrogen-bond acceptors (Lipinski definition) is 2. The van der Waals surface area contributed by atoms with Gasteiger partial charge in [0.25, 0.3) is 0 Å². The van der Waals surface area contributed by atoms with Crippen LogP contribution >= 0.6 is 0 Å². The molecule has 6 heteroatoms. The summed E-state index contributed by atoms with van der Waals surface area (Å²) in [4.78, 5) is 12.0. The lowest BCUT2D eigenvalue weighted by atomic mass is 10.2. The van der Waals surface area contributed by atoms with Crippen molar-refractivity contribution in [3.05, 3.63) is 77.4 Å². The standard InChI is InChI=1S/C19H19FN4O/c1-13-18(14(2)24(23-13)17-9-4-3-5-10-17)12-21-19(25)22-16-8-6-7-15(20)11-16/h3-11H,12H2,1-2H3,(H2,21,22,25). The molecule has 3 rings (SSSR count). The van der Waals surface area contributed by atoms with E-state index in [0.29, 0.717) is 12.2 Å². The zero-order valence-electron chi connectivity index (χ0n) is 14.1. The van der Waals surface area contributed by atoms with Gasteiger partial charge in [0.15, 0.2) is 0 Å². The average molecular weight is 338 g/mol. The van der Waals surface area contributed by atoms with Crippen molar-refractivity contribution in [2.24, 2.45) is 0 Å². The molecule has 2 amide bonds. The summed E-state index contributed by atoms with van der Waals surface area (Å²) < 4.78 is 15.0. The minimum Gasteiger partial charge on any atom is -0.334 e. The van der Waals surface area contributed by atoms with Crippen LogP contribution in [-0.2, 0) is 6.54 Å². The Morgan fingerprint density at radius 3 is 2.60 bits per heavy atom. The number of hydrogen-bond donors (Lipinski definition) is 2. The van der Waals surface area contributed by atoms with Crippen LogP contribution in [0, 0.1) is 19.7 Å². The van der Waals surface area contributed by atoms with Crippen LogP contribution in [0.15, 0.2) is 54.6 Å². The molecular formula is C19H19FN4O. The van der Waals surface area contributed by atoms with Gasteiger partial charge in [0.2, 0.25) is 0 Å². The lowest BCUT2D eigenvalue weighted by molar-refractivity contribution is 0.251. The summed E-state index contributed by atoms with van der Waals surface area (Å²) in [5, 5.41) is 9.95. The van der Waals surface area contributed by atoms with Gasteiger partial charge in [-0.1, -0.05) is 24.3 Å². The van der Waals surface area contributed by atoms with Gasteiger partial charge in [0.05, 0.1) is 11.4 Å². The van der Waals surface area contributed by atoms with Crippen LogP contribution < -0.4 is 10.6 Å². The minimum absolute atomic E-state index is 0.339. The highest BCUT2D eigenvalue weighted by atomic mass is 19.1. The molecule has 0 bridgehead atoms. The third-order valence-electron chi connectivity index (χ3n) is 3.95. The van der Waals surface area contributed by atoms with Crippen molar-refractivity contribution >= 4 is 11.7 Å². The number of nitrogens with zero attached hydrogens (tertiary/aromatic N) is 2. The maximum absolute atomic E-state index is 13.2. The minimum atomic E-state index is -0.395. The topological polar surface area (TPSA) is 59.0 Å². The molecule has 0 aliphatic carbocycles. The van der Waals surface area contributed by atoms with Crippen LogP contribution in [0.4, 0.5) is 14.9 Å². The lowest BCUT2D eigenvalue weighted by Crippen LogP contribution is -2.28. The summed E-state index contributed by atoms with van der Waals surface area (Å²) in [5.41, 5.74) is 4.16. The molecule has 3 aromatic rings. The molecule has 1 heterocycles. The number of anilines is 1. The van der Waals surface area contributed by atoms with E-state index in [1.807, 2.05) is 48.9 Å². The number of carbonyl (C=O) groups is 1. The first-order valence-electron chi connectivity index (χ1n) is 7.95. The number of nitrogens with one attached hydrogen (secondary N) is 2. The van der Waals surface area contributed by atoms with Crippen molar-refractivity contribution in [3.63, 3.8) is 0 Å². The quantitative estimate of drug-likeness (QED) is 0.757. The molecule has 0 unspecified atom stereocenters. The molecule has 0 aliphatic heterocycles. The molecule has 0 radical (unpaired) electrons. The predicted molar refractivity (Wildman–Crippen MR) is 95.3 cm³/mol. The van der Waals surface area contributed by atoms with Gasteiger partial charge in [-0.3, -0.25) is 0 Å². The SMILES string of the molecule is Cc1nn(-c2ccccc2)c(C)c1CNC(=O)Nc1cccc(F)c1. The van der Waals surface area contributed by atoms with Crippen LogP contribution in [-0.4, -0.2) is 15.8 Å². The Labute approximate surface area is 145 Å². The predicted octanol–water partition coefficient (Wildman–Crippen LogP) is 3.95. The van der Waals surface area contributed by atoms with Crippen LogP contribution in [0.5, 0.6) is 0 Å². The second-order valence-corrected chi connectivity index (χ2v) is 5.71.